The van der Waals surface area contributed by atoms with Gasteiger partial charge in [-0.1, -0.05) is 48.9 Å². The molecule has 0 saturated carbocycles. The Morgan fingerprint density at radius 2 is 1.63 bits per heavy atom. The number of rotatable bonds is 6. The van der Waals surface area contributed by atoms with E-state index in [0.29, 0.717) is 18.0 Å². The minimum Gasteiger partial charge on any atom is -0.349 e. The smallest absolute Gasteiger partial charge is 0.243 e. The SMILES string of the molecule is C[C@H](NC(=O)Cc1ccc(S(=O)(=O)N2CCCCC2)cc1)c1ccccc1. The van der Waals surface area contributed by atoms with Crippen LogP contribution in [-0.2, 0) is 21.2 Å². The van der Waals surface area contributed by atoms with E-state index in [0.717, 1.165) is 30.4 Å². The van der Waals surface area contributed by atoms with Crippen molar-refractivity contribution in [2.24, 2.45) is 0 Å². The lowest BCUT2D eigenvalue weighted by atomic mass is 10.1. The van der Waals surface area contributed by atoms with Crippen LogP contribution in [0.1, 0.15) is 43.4 Å². The Bertz CT molecular complexity index is 858. The quantitative estimate of drug-likeness (QED) is 0.828. The molecular weight excluding hydrogens is 360 g/mol. The second kappa shape index (κ2) is 8.67. The molecule has 1 heterocycles. The van der Waals surface area contributed by atoms with Crippen molar-refractivity contribution in [3.05, 3.63) is 65.7 Å². The Morgan fingerprint density at radius 1 is 1.00 bits per heavy atom. The van der Waals surface area contributed by atoms with Crippen LogP contribution in [0.3, 0.4) is 0 Å². The lowest BCUT2D eigenvalue weighted by Crippen LogP contribution is -2.35. The van der Waals surface area contributed by atoms with Crippen molar-refractivity contribution in [3.8, 4) is 0 Å². The van der Waals surface area contributed by atoms with Crippen molar-refractivity contribution in [1.29, 1.82) is 0 Å². The van der Waals surface area contributed by atoms with Crippen LogP contribution >= 0.6 is 0 Å². The first-order valence-electron chi connectivity index (χ1n) is 9.40. The van der Waals surface area contributed by atoms with Crippen LogP contribution in [0.5, 0.6) is 0 Å². The molecule has 2 aromatic carbocycles. The van der Waals surface area contributed by atoms with E-state index in [9.17, 15) is 13.2 Å². The molecule has 0 radical (unpaired) electrons. The molecule has 1 amide bonds. The van der Waals surface area contributed by atoms with Gasteiger partial charge >= 0.3 is 0 Å². The van der Waals surface area contributed by atoms with Crippen LogP contribution in [0, 0.1) is 0 Å². The standard InChI is InChI=1S/C21H26N2O3S/c1-17(19-8-4-2-5-9-19)22-21(24)16-18-10-12-20(13-11-18)27(25,26)23-14-6-3-7-15-23/h2,4-5,8-13,17H,3,6-7,14-16H2,1H3,(H,22,24)/t17-/m0/s1. The molecule has 1 atom stereocenters. The summed E-state index contributed by atoms with van der Waals surface area (Å²) >= 11 is 0. The van der Waals surface area contributed by atoms with Crippen molar-refractivity contribution >= 4 is 15.9 Å². The maximum absolute atomic E-state index is 12.7. The first-order valence-corrected chi connectivity index (χ1v) is 10.8. The van der Waals surface area contributed by atoms with Gasteiger partial charge in [0.05, 0.1) is 17.4 Å². The third-order valence-corrected chi connectivity index (χ3v) is 6.83. The van der Waals surface area contributed by atoms with Gasteiger partial charge in [-0.05, 0) is 43.0 Å². The highest BCUT2D eigenvalue weighted by Crippen LogP contribution is 2.21. The molecule has 1 fully saturated rings. The zero-order valence-electron chi connectivity index (χ0n) is 15.6. The highest BCUT2D eigenvalue weighted by molar-refractivity contribution is 7.89. The van der Waals surface area contributed by atoms with Crippen LogP contribution in [0.15, 0.2) is 59.5 Å². The van der Waals surface area contributed by atoms with Crippen LogP contribution in [0.4, 0.5) is 0 Å². The summed E-state index contributed by atoms with van der Waals surface area (Å²) in [5.74, 6) is -0.0852. The average molecular weight is 387 g/mol. The number of hydrogen-bond acceptors (Lipinski definition) is 3. The predicted molar refractivity (Wildman–Crippen MR) is 106 cm³/mol. The Morgan fingerprint density at radius 3 is 2.26 bits per heavy atom. The van der Waals surface area contributed by atoms with Gasteiger partial charge in [0, 0.05) is 13.1 Å². The maximum atomic E-state index is 12.7. The van der Waals surface area contributed by atoms with E-state index < -0.39 is 10.0 Å². The second-order valence-electron chi connectivity index (χ2n) is 6.99. The first kappa shape index (κ1) is 19.6. The molecule has 144 valence electrons. The van der Waals surface area contributed by atoms with Crippen molar-refractivity contribution in [2.45, 2.75) is 43.5 Å². The Balaban J connectivity index is 1.61. The normalized spacial score (nSPS) is 16.6. The summed E-state index contributed by atoms with van der Waals surface area (Å²) in [6, 6.07) is 16.4. The molecule has 6 heteroatoms. The van der Waals surface area contributed by atoms with Gasteiger partial charge in [-0.3, -0.25) is 4.79 Å². The predicted octanol–water partition coefficient (Wildman–Crippen LogP) is 3.28. The van der Waals surface area contributed by atoms with Crippen LogP contribution < -0.4 is 5.32 Å². The van der Waals surface area contributed by atoms with E-state index in [2.05, 4.69) is 5.32 Å². The Hall–Kier alpha value is -2.18. The van der Waals surface area contributed by atoms with Crippen LogP contribution in [0.25, 0.3) is 0 Å². The largest absolute Gasteiger partial charge is 0.349 e. The third-order valence-electron chi connectivity index (χ3n) is 4.92. The Kier molecular flexibility index (Phi) is 6.29. The van der Waals surface area contributed by atoms with E-state index in [4.69, 9.17) is 0 Å². The first-order chi connectivity index (χ1) is 13.0. The lowest BCUT2D eigenvalue weighted by molar-refractivity contribution is -0.121. The minimum absolute atomic E-state index is 0.0718. The van der Waals surface area contributed by atoms with Gasteiger partial charge in [0.1, 0.15) is 0 Å². The van der Waals surface area contributed by atoms with E-state index in [1.165, 1.54) is 0 Å². The van der Waals surface area contributed by atoms with E-state index in [-0.39, 0.29) is 18.4 Å². The molecule has 27 heavy (non-hydrogen) atoms. The zero-order valence-corrected chi connectivity index (χ0v) is 16.4. The summed E-state index contributed by atoms with van der Waals surface area (Å²) in [6.07, 6.45) is 3.14. The topological polar surface area (TPSA) is 66.5 Å². The summed E-state index contributed by atoms with van der Waals surface area (Å²) in [5, 5.41) is 2.98. The molecule has 3 rings (SSSR count). The van der Waals surface area contributed by atoms with E-state index >= 15 is 0 Å². The molecule has 2 aromatic rings. The van der Waals surface area contributed by atoms with Crippen molar-refractivity contribution in [3.63, 3.8) is 0 Å². The molecule has 1 saturated heterocycles. The highest BCUT2D eigenvalue weighted by atomic mass is 32.2. The number of nitrogens with one attached hydrogen (secondary N) is 1. The van der Waals surface area contributed by atoms with Gasteiger partial charge < -0.3 is 5.32 Å². The molecule has 0 aliphatic carbocycles. The molecule has 1 N–H and O–H groups in total. The monoisotopic (exact) mass is 386 g/mol. The van der Waals surface area contributed by atoms with Gasteiger partial charge in [0.15, 0.2) is 0 Å². The summed E-state index contributed by atoms with van der Waals surface area (Å²) in [5.41, 5.74) is 1.85. The van der Waals surface area contributed by atoms with E-state index in [1.807, 2.05) is 37.3 Å². The van der Waals surface area contributed by atoms with E-state index in [1.54, 1.807) is 28.6 Å². The Labute approximate surface area is 161 Å². The lowest BCUT2D eigenvalue weighted by Gasteiger charge is -2.25. The number of nitrogens with zero attached hydrogens (tertiary/aromatic N) is 1. The number of benzene rings is 2. The molecule has 5 nitrogen and oxygen atoms in total. The molecule has 0 spiro atoms. The molecule has 1 aliphatic rings. The molecule has 1 aliphatic heterocycles. The fourth-order valence-corrected chi connectivity index (χ4v) is 4.85. The van der Waals surface area contributed by atoms with Crippen LogP contribution in [-0.4, -0.2) is 31.7 Å². The van der Waals surface area contributed by atoms with Gasteiger partial charge in [-0.25, -0.2) is 8.42 Å². The van der Waals surface area contributed by atoms with Gasteiger partial charge in [0.25, 0.3) is 0 Å². The molecule has 0 unspecified atom stereocenters. The number of carbonyl (C=O) groups excluding carboxylic acids is 1. The minimum atomic E-state index is -3.43. The number of piperidine rings is 1. The summed E-state index contributed by atoms with van der Waals surface area (Å²) in [7, 11) is -3.43. The number of carbonyl (C=O) groups is 1. The maximum Gasteiger partial charge on any atom is 0.243 e. The fraction of sp³-hybridized carbons (Fsp3) is 0.381. The summed E-state index contributed by atoms with van der Waals surface area (Å²) in [4.78, 5) is 12.6. The van der Waals surface area contributed by atoms with Crippen molar-refractivity contribution in [1.82, 2.24) is 9.62 Å². The zero-order chi connectivity index (χ0) is 19.3. The molecule has 0 bridgehead atoms. The van der Waals surface area contributed by atoms with Crippen LogP contribution in [0.2, 0.25) is 0 Å². The third kappa shape index (κ3) is 4.96. The number of hydrogen-bond donors (Lipinski definition) is 1. The average Bonchev–Trinajstić information content (AvgIpc) is 2.69. The van der Waals surface area contributed by atoms with Crippen molar-refractivity contribution in [2.75, 3.05) is 13.1 Å². The van der Waals surface area contributed by atoms with Gasteiger partial charge in [-0.15, -0.1) is 0 Å². The number of sulfonamides is 1. The summed E-state index contributed by atoms with van der Waals surface area (Å²) < 4.78 is 26.9. The van der Waals surface area contributed by atoms with Crippen molar-refractivity contribution < 1.29 is 13.2 Å². The molecular formula is C21H26N2O3S. The second-order valence-corrected chi connectivity index (χ2v) is 8.92. The fourth-order valence-electron chi connectivity index (χ4n) is 3.34. The van der Waals surface area contributed by atoms with Gasteiger partial charge in [-0.2, -0.15) is 4.31 Å². The van der Waals surface area contributed by atoms with Gasteiger partial charge in [0.2, 0.25) is 15.9 Å². The number of amides is 1. The summed E-state index contributed by atoms with van der Waals surface area (Å²) in [6.45, 7) is 3.12. The molecule has 0 aromatic heterocycles. The highest BCUT2D eigenvalue weighted by Gasteiger charge is 2.25.